The number of carbonyl (C=O) groups is 2. The third-order valence-corrected chi connectivity index (χ3v) is 3.84. The Hall–Kier alpha value is -1.43. The summed E-state index contributed by atoms with van der Waals surface area (Å²) in [4.78, 5) is 25.0. The summed E-state index contributed by atoms with van der Waals surface area (Å²) in [5.74, 6) is -1.49. The van der Waals surface area contributed by atoms with Gasteiger partial charge < -0.3 is 10.0 Å². The first-order chi connectivity index (χ1) is 8.50. The van der Waals surface area contributed by atoms with Crippen molar-refractivity contribution in [3.05, 3.63) is 16.6 Å². The molecule has 0 aromatic carbocycles. The summed E-state index contributed by atoms with van der Waals surface area (Å²) in [7, 11) is 0. The van der Waals surface area contributed by atoms with Crippen LogP contribution in [-0.4, -0.2) is 38.8 Å². The molecule has 1 aliphatic rings. The quantitative estimate of drug-likeness (QED) is 0.883. The number of carbonyl (C=O) groups excluding carboxylic acids is 1. The van der Waals surface area contributed by atoms with Gasteiger partial charge in [0.2, 0.25) is 0 Å². The molecule has 6 heteroatoms. The molecule has 1 unspecified atom stereocenters. The molecule has 0 spiro atoms. The third-order valence-electron chi connectivity index (χ3n) is 3.12. The maximum Gasteiger partial charge on any atom is 0.308 e. The molecule has 18 heavy (non-hydrogen) atoms. The van der Waals surface area contributed by atoms with E-state index in [1.54, 1.807) is 24.1 Å². The number of nitrogens with zero attached hydrogens (tertiary/aromatic N) is 2. The van der Waals surface area contributed by atoms with E-state index >= 15 is 0 Å². The maximum atomic E-state index is 12.4. The molecule has 2 rings (SSSR count). The van der Waals surface area contributed by atoms with Crippen LogP contribution in [0.15, 0.2) is 5.38 Å². The van der Waals surface area contributed by atoms with Gasteiger partial charge in [-0.25, -0.2) is 0 Å². The monoisotopic (exact) mass is 268 g/mol. The number of hydrogen-bond acceptors (Lipinski definition) is 4. The molecule has 0 saturated heterocycles. The highest BCUT2D eigenvalue weighted by molar-refractivity contribution is 7.03. The average Bonchev–Trinajstić information content (AvgIpc) is 3.07. The van der Waals surface area contributed by atoms with E-state index in [0.717, 1.165) is 18.5 Å². The molecule has 98 valence electrons. The summed E-state index contributed by atoms with van der Waals surface area (Å²) in [6.07, 6.45) is 1.93. The summed E-state index contributed by atoms with van der Waals surface area (Å²) in [6.45, 7) is 3.70. The molecular weight excluding hydrogens is 252 g/mol. The first kappa shape index (κ1) is 13.0. The predicted octanol–water partition coefficient (Wildman–Crippen LogP) is 1.78. The molecule has 0 bridgehead atoms. The molecule has 1 aliphatic carbocycles. The first-order valence-corrected chi connectivity index (χ1v) is 6.79. The van der Waals surface area contributed by atoms with Gasteiger partial charge in [-0.05, 0) is 31.3 Å². The largest absolute Gasteiger partial charge is 0.481 e. The molecule has 1 fully saturated rings. The number of carboxylic acid groups (broad SMARTS) is 1. The molecule has 1 atom stereocenters. The maximum absolute atomic E-state index is 12.4. The van der Waals surface area contributed by atoms with Crippen molar-refractivity contribution < 1.29 is 14.7 Å². The van der Waals surface area contributed by atoms with Crippen LogP contribution in [0.25, 0.3) is 0 Å². The molecule has 0 aliphatic heterocycles. The van der Waals surface area contributed by atoms with Gasteiger partial charge in [0.15, 0.2) is 0 Å². The number of aryl methyl sites for hydroxylation is 1. The van der Waals surface area contributed by atoms with Gasteiger partial charge in [0.05, 0.1) is 17.2 Å². The van der Waals surface area contributed by atoms with E-state index in [-0.39, 0.29) is 18.5 Å². The van der Waals surface area contributed by atoms with Crippen molar-refractivity contribution in [3.8, 4) is 0 Å². The van der Waals surface area contributed by atoms with E-state index in [4.69, 9.17) is 5.11 Å². The van der Waals surface area contributed by atoms with Gasteiger partial charge in [-0.15, -0.1) is 0 Å². The molecule has 1 aromatic heterocycles. The fourth-order valence-corrected chi connectivity index (χ4v) is 2.50. The SMILES string of the molecule is Cc1nscc1C(=O)N(CC(C)C(=O)O)C1CC1. The summed E-state index contributed by atoms with van der Waals surface area (Å²) in [5, 5.41) is 10.7. The van der Waals surface area contributed by atoms with Gasteiger partial charge in [0.1, 0.15) is 0 Å². The van der Waals surface area contributed by atoms with Crippen molar-refractivity contribution in [1.82, 2.24) is 9.27 Å². The Morgan fingerprint density at radius 2 is 2.28 bits per heavy atom. The van der Waals surface area contributed by atoms with Crippen LogP contribution < -0.4 is 0 Å². The zero-order valence-electron chi connectivity index (χ0n) is 10.4. The Morgan fingerprint density at radius 3 is 2.72 bits per heavy atom. The van der Waals surface area contributed by atoms with Crippen molar-refractivity contribution in [1.29, 1.82) is 0 Å². The zero-order valence-corrected chi connectivity index (χ0v) is 11.2. The predicted molar refractivity (Wildman–Crippen MR) is 67.7 cm³/mol. The van der Waals surface area contributed by atoms with Crippen LogP contribution in [0.2, 0.25) is 0 Å². The zero-order chi connectivity index (χ0) is 13.3. The second-order valence-electron chi connectivity index (χ2n) is 4.74. The highest BCUT2D eigenvalue weighted by Gasteiger charge is 2.35. The molecule has 1 heterocycles. The number of hydrogen-bond donors (Lipinski definition) is 1. The summed E-state index contributed by atoms with van der Waals surface area (Å²) >= 11 is 1.26. The minimum atomic E-state index is -0.867. The van der Waals surface area contributed by atoms with E-state index in [1.165, 1.54) is 11.5 Å². The Balaban J connectivity index is 2.13. The van der Waals surface area contributed by atoms with Crippen molar-refractivity contribution >= 4 is 23.4 Å². The molecule has 1 aromatic rings. The molecule has 1 amide bonds. The molecule has 1 saturated carbocycles. The van der Waals surface area contributed by atoms with Crippen LogP contribution in [0.5, 0.6) is 0 Å². The van der Waals surface area contributed by atoms with Gasteiger partial charge in [-0.1, -0.05) is 6.92 Å². The van der Waals surface area contributed by atoms with Crippen molar-refractivity contribution in [2.75, 3.05) is 6.54 Å². The van der Waals surface area contributed by atoms with Crippen LogP contribution in [-0.2, 0) is 4.79 Å². The Kier molecular flexibility index (Phi) is 3.65. The summed E-state index contributed by atoms with van der Waals surface area (Å²) < 4.78 is 4.09. The Labute approximate surface area is 110 Å². The van der Waals surface area contributed by atoms with Crippen molar-refractivity contribution in [2.24, 2.45) is 5.92 Å². The highest BCUT2D eigenvalue weighted by Crippen LogP contribution is 2.29. The van der Waals surface area contributed by atoms with Crippen LogP contribution in [0.4, 0.5) is 0 Å². The van der Waals surface area contributed by atoms with Crippen LogP contribution in [0.3, 0.4) is 0 Å². The lowest BCUT2D eigenvalue weighted by atomic mass is 10.1. The number of aromatic nitrogens is 1. The fraction of sp³-hybridized carbons (Fsp3) is 0.583. The van der Waals surface area contributed by atoms with Crippen molar-refractivity contribution in [3.63, 3.8) is 0 Å². The van der Waals surface area contributed by atoms with Crippen molar-refractivity contribution in [2.45, 2.75) is 32.7 Å². The number of amides is 1. The smallest absolute Gasteiger partial charge is 0.308 e. The standard InChI is InChI=1S/C12H16N2O3S/c1-7(12(16)17)5-14(9-3-4-9)11(15)10-6-18-13-8(10)2/h6-7,9H,3-5H2,1-2H3,(H,16,17). The second-order valence-corrected chi connectivity index (χ2v) is 5.37. The second kappa shape index (κ2) is 5.06. The lowest BCUT2D eigenvalue weighted by molar-refractivity contribution is -0.141. The van der Waals surface area contributed by atoms with E-state index in [9.17, 15) is 9.59 Å². The van der Waals surface area contributed by atoms with E-state index in [1.807, 2.05) is 0 Å². The van der Waals surface area contributed by atoms with Gasteiger partial charge in [0.25, 0.3) is 5.91 Å². The van der Waals surface area contributed by atoms with Crippen LogP contribution in [0, 0.1) is 12.8 Å². The average molecular weight is 268 g/mol. The van der Waals surface area contributed by atoms with E-state index in [2.05, 4.69) is 4.37 Å². The van der Waals surface area contributed by atoms with E-state index < -0.39 is 11.9 Å². The lowest BCUT2D eigenvalue weighted by Gasteiger charge is -2.24. The first-order valence-electron chi connectivity index (χ1n) is 5.95. The lowest BCUT2D eigenvalue weighted by Crippen LogP contribution is -2.38. The Morgan fingerprint density at radius 1 is 1.61 bits per heavy atom. The van der Waals surface area contributed by atoms with Gasteiger partial charge in [-0.3, -0.25) is 9.59 Å². The molecule has 0 radical (unpaired) electrons. The molecule has 5 nitrogen and oxygen atoms in total. The molecule has 1 N–H and O–H groups in total. The Bertz CT molecular complexity index is 468. The number of rotatable bonds is 5. The topological polar surface area (TPSA) is 70.5 Å². The van der Waals surface area contributed by atoms with Crippen LogP contribution >= 0.6 is 11.5 Å². The third kappa shape index (κ3) is 2.69. The molecular formula is C12H16N2O3S. The minimum absolute atomic E-state index is 0.0862. The minimum Gasteiger partial charge on any atom is -0.481 e. The van der Waals surface area contributed by atoms with E-state index in [0.29, 0.717) is 5.56 Å². The van der Waals surface area contributed by atoms with Gasteiger partial charge in [0, 0.05) is 18.0 Å². The number of aliphatic carboxylic acids is 1. The van der Waals surface area contributed by atoms with Gasteiger partial charge >= 0.3 is 5.97 Å². The number of carboxylic acids is 1. The highest BCUT2D eigenvalue weighted by atomic mass is 32.1. The fourth-order valence-electron chi connectivity index (χ4n) is 1.81. The summed E-state index contributed by atoms with van der Waals surface area (Å²) in [5.41, 5.74) is 1.32. The normalized spacial score (nSPS) is 16.3. The summed E-state index contributed by atoms with van der Waals surface area (Å²) in [6, 6.07) is 0.207. The van der Waals surface area contributed by atoms with Crippen LogP contribution in [0.1, 0.15) is 35.8 Å². The van der Waals surface area contributed by atoms with Gasteiger partial charge in [-0.2, -0.15) is 4.37 Å².